The number of carbonyl (C=O) groups is 3. The van der Waals surface area contributed by atoms with Gasteiger partial charge in [0.15, 0.2) is 0 Å². The van der Waals surface area contributed by atoms with E-state index in [-0.39, 0.29) is 36.4 Å². The van der Waals surface area contributed by atoms with Gasteiger partial charge in [-0.2, -0.15) is 0 Å². The lowest BCUT2D eigenvalue weighted by molar-refractivity contribution is -0.141. The second-order valence-corrected chi connectivity index (χ2v) is 7.58. The van der Waals surface area contributed by atoms with Crippen LogP contribution in [0.25, 0.3) is 0 Å². The molecule has 0 bridgehead atoms. The highest BCUT2D eigenvalue weighted by molar-refractivity contribution is 6.32. The Morgan fingerprint density at radius 1 is 1.35 bits per heavy atom. The van der Waals surface area contributed by atoms with Crippen molar-refractivity contribution in [3.8, 4) is 5.75 Å². The van der Waals surface area contributed by atoms with Gasteiger partial charge >= 0.3 is 5.97 Å². The van der Waals surface area contributed by atoms with E-state index < -0.39 is 11.4 Å². The molecule has 0 spiro atoms. The summed E-state index contributed by atoms with van der Waals surface area (Å²) in [6.07, 6.45) is 0.911. The van der Waals surface area contributed by atoms with Crippen LogP contribution in [0.5, 0.6) is 5.75 Å². The van der Waals surface area contributed by atoms with Gasteiger partial charge in [0.05, 0.1) is 29.7 Å². The molecule has 0 unspecified atom stereocenters. The van der Waals surface area contributed by atoms with Gasteiger partial charge in [0, 0.05) is 6.42 Å². The summed E-state index contributed by atoms with van der Waals surface area (Å²) in [7, 11) is 1.29. The number of halogens is 1. The van der Waals surface area contributed by atoms with E-state index in [0.29, 0.717) is 23.7 Å². The molecule has 0 radical (unpaired) electrons. The Balaban J connectivity index is 1.96. The molecule has 6 nitrogen and oxygen atoms in total. The first-order chi connectivity index (χ1) is 12.2. The summed E-state index contributed by atoms with van der Waals surface area (Å²) in [5.74, 6) is -0.0968. The van der Waals surface area contributed by atoms with Crippen LogP contribution in [0.3, 0.4) is 0 Å². The Morgan fingerprint density at radius 2 is 2.04 bits per heavy atom. The molecule has 2 rings (SSSR count). The van der Waals surface area contributed by atoms with Gasteiger partial charge in [-0.15, -0.1) is 0 Å². The zero-order chi connectivity index (χ0) is 19.5. The minimum absolute atomic E-state index is 0.131. The number of methoxy groups -OCH3 is 1. The second kappa shape index (κ2) is 8.08. The Labute approximate surface area is 158 Å². The smallest absolute Gasteiger partial charge is 0.337 e. The predicted octanol–water partition coefficient (Wildman–Crippen LogP) is 3.32. The molecule has 0 aromatic heterocycles. The molecule has 1 aliphatic heterocycles. The highest BCUT2D eigenvalue weighted by atomic mass is 35.5. The van der Waals surface area contributed by atoms with Gasteiger partial charge in [-0.05, 0) is 30.5 Å². The van der Waals surface area contributed by atoms with E-state index in [0.717, 1.165) is 0 Å². The molecule has 142 valence electrons. The normalized spacial score (nSPS) is 20.0. The van der Waals surface area contributed by atoms with E-state index in [1.54, 1.807) is 12.1 Å². The summed E-state index contributed by atoms with van der Waals surface area (Å²) >= 11 is 6.11. The maximum Gasteiger partial charge on any atom is 0.337 e. The highest BCUT2D eigenvalue weighted by Gasteiger charge is 2.47. The number of rotatable bonds is 7. The van der Waals surface area contributed by atoms with Crippen LogP contribution in [0.2, 0.25) is 5.02 Å². The molecule has 1 fully saturated rings. The van der Waals surface area contributed by atoms with Crippen LogP contribution in [0.4, 0.5) is 0 Å². The molecule has 2 amide bonds. The van der Waals surface area contributed by atoms with Crippen LogP contribution in [0, 0.1) is 11.3 Å². The maximum absolute atomic E-state index is 12.6. The van der Waals surface area contributed by atoms with Gasteiger partial charge in [0.1, 0.15) is 12.4 Å². The molecule has 0 N–H and O–H groups in total. The number of ether oxygens (including phenoxy) is 2. The van der Waals surface area contributed by atoms with Gasteiger partial charge in [-0.25, -0.2) is 4.79 Å². The highest BCUT2D eigenvalue weighted by Crippen LogP contribution is 2.38. The minimum atomic E-state index is -0.634. The molecular formula is C19H24ClNO5. The fourth-order valence-electron chi connectivity index (χ4n) is 3.34. The molecule has 1 aromatic rings. The van der Waals surface area contributed by atoms with Crippen LogP contribution >= 0.6 is 11.6 Å². The van der Waals surface area contributed by atoms with Gasteiger partial charge in [0.25, 0.3) is 0 Å². The molecule has 0 saturated carbocycles. The van der Waals surface area contributed by atoms with Crippen molar-refractivity contribution < 1.29 is 23.9 Å². The molecule has 1 heterocycles. The quantitative estimate of drug-likeness (QED) is 0.535. The third-order valence-corrected chi connectivity index (χ3v) is 4.68. The third kappa shape index (κ3) is 4.36. The Bertz CT molecular complexity index is 718. The fraction of sp³-hybridized carbons (Fsp3) is 0.526. The number of hydrogen-bond acceptors (Lipinski definition) is 5. The SMILES string of the molecule is COC(=O)c1ccc(OCCN2C(=O)C[C@](C)(CC(C)C)C2=O)c(Cl)c1. The van der Waals surface area contributed by atoms with Gasteiger partial charge in [0.2, 0.25) is 11.8 Å². The Morgan fingerprint density at radius 3 is 2.62 bits per heavy atom. The van der Waals surface area contributed by atoms with Crippen LogP contribution in [-0.4, -0.2) is 42.9 Å². The number of imide groups is 1. The number of benzene rings is 1. The van der Waals surface area contributed by atoms with E-state index >= 15 is 0 Å². The summed E-state index contributed by atoms with van der Waals surface area (Å²) < 4.78 is 10.2. The summed E-state index contributed by atoms with van der Waals surface area (Å²) in [6.45, 7) is 6.22. The summed E-state index contributed by atoms with van der Waals surface area (Å²) in [6, 6.07) is 4.55. The van der Waals surface area contributed by atoms with E-state index in [9.17, 15) is 14.4 Å². The average molecular weight is 382 g/mol. The zero-order valence-electron chi connectivity index (χ0n) is 15.5. The van der Waals surface area contributed by atoms with Crippen molar-refractivity contribution >= 4 is 29.4 Å². The lowest BCUT2D eigenvalue weighted by atomic mass is 9.80. The second-order valence-electron chi connectivity index (χ2n) is 7.17. The van der Waals surface area contributed by atoms with Crippen molar-refractivity contribution in [3.05, 3.63) is 28.8 Å². The first kappa shape index (κ1) is 20.2. The van der Waals surface area contributed by atoms with Crippen molar-refractivity contribution in [2.75, 3.05) is 20.3 Å². The van der Waals surface area contributed by atoms with Gasteiger partial charge in [-0.3, -0.25) is 14.5 Å². The number of amides is 2. The predicted molar refractivity (Wildman–Crippen MR) is 97.2 cm³/mol. The van der Waals surface area contributed by atoms with Gasteiger partial charge in [-0.1, -0.05) is 32.4 Å². The first-order valence-corrected chi connectivity index (χ1v) is 8.91. The molecule has 1 aliphatic rings. The minimum Gasteiger partial charge on any atom is -0.490 e. The number of likely N-dealkylation sites (tertiary alicyclic amines) is 1. The molecule has 0 aliphatic carbocycles. The van der Waals surface area contributed by atoms with Gasteiger partial charge < -0.3 is 9.47 Å². The van der Waals surface area contributed by atoms with E-state index in [1.165, 1.54) is 18.1 Å². The maximum atomic E-state index is 12.6. The van der Waals surface area contributed by atoms with Crippen molar-refractivity contribution in [3.63, 3.8) is 0 Å². The van der Waals surface area contributed by atoms with Crippen molar-refractivity contribution in [1.29, 1.82) is 0 Å². The topological polar surface area (TPSA) is 72.9 Å². The molecule has 26 heavy (non-hydrogen) atoms. The Kier molecular flexibility index (Phi) is 6.29. The Hall–Kier alpha value is -2.08. The van der Waals surface area contributed by atoms with Crippen LogP contribution in [0.1, 0.15) is 44.0 Å². The molecule has 1 saturated heterocycles. The number of nitrogens with zero attached hydrogens (tertiary/aromatic N) is 1. The first-order valence-electron chi connectivity index (χ1n) is 8.53. The molecule has 1 aromatic carbocycles. The summed E-state index contributed by atoms with van der Waals surface area (Å²) in [5.41, 5.74) is -0.315. The van der Waals surface area contributed by atoms with Crippen molar-refractivity contribution in [2.24, 2.45) is 11.3 Å². The summed E-state index contributed by atoms with van der Waals surface area (Å²) in [5, 5.41) is 0.261. The van der Waals surface area contributed by atoms with Crippen LogP contribution < -0.4 is 4.74 Å². The number of carbonyl (C=O) groups excluding carboxylic acids is 3. The molecule has 7 heteroatoms. The lowest BCUT2D eigenvalue weighted by Gasteiger charge is -2.24. The number of hydrogen-bond donors (Lipinski definition) is 0. The van der Waals surface area contributed by atoms with E-state index in [1.807, 2.05) is 20.8 Å². The largest absolute Gasteiger partial charge is 0.490 e. The lowest BCUT2D eigenvalue weighted by Crippen LogP contribution is -2.37. The zero-order valence-corrected chi connectivity index (χ0v) is 16.3. The van der Waals surface area contributed by atoms with Crippen LogP contribution in [0.15, 0.2) is 18.2 Å². The van der Waals surface area contributed by atoms with E-state index in [4.69, 9.17) is 16.3 Å². The van der Waals surface area contributed by atoms with E-state index in [2.05, 4.69) is 4.74 Å². The third-order valence-electron chi connectivity index (χ3n) is 4.39. The van der Waals surface area contributed by atoms with Crippen molar-refractivity contribution in [2.45, 2.75) is 33.6 Å². The summed E-state index contributed by atoms with van der Waals surface area (Å²) in [4.78, 5) is 37.6. The average Bonchev–Trinajstić information content (AvgIpc) is 2.77. The fourth-order valence-corrected chi connectivity index (χ4v) is 3.58. The standard InChI is InChI=1S/C19H24ClNO5/c1-12(2)10-19(3)11-16(22)21(18(19)24)7-8-26-15-6-5-13(9-14(15)20)17(23)25-4/h5-6,9,12H,7-8,10-11H2,1-4H3/t19-/m0/s1. The molecule has 1 atom stereocenters. The monoisotopic (exact) mass is 381 g/mol. The van der Waals surface area contributed by atoms with Crippen molar-refractivity contribution in [1.82, 2.24) is 4.90 Å². The number of esters is 1. The molecular weight excluding hydrogens is 358 g/mol. The van der Waals surface area contributed by atoms with Crippen LogP contribution in [-0.2, 0) is 14.3 Å².